The predicted octanol–water partition coefficient (Wildman–Crippen LogP) is 2.91. The molecule has 0 bridgehead atoms. The van der Waals surface area contributed by atoms with Crippen molar-refractivity contribution in [2.75, 3.05) is 32.0 Å². The molecule has 1 aliphatic rings. The summed E-state index contributed by atoms with van der Waals surface area (Å²) in [6.45, 7) is 2.04. The zero-order valence-electron chi connectivity index (χ0n) is 14.0. The summed E-state index contributed by atoms with van der Waals surface area (Å²) in [7, 11) is 2.13. The van der Waals surface area contributed by atoms with Crippen LogP contribution in [0.3, 0.4) is 0 Å². The highest BCUT2D eigenvalue weighted by atomic mass is 79.9. The quantitative estimate of drug-likeness (QED) is 0.797. The maximum atomic E-state index is 12.1. The van der Waals surface area contributed by atoms with E-state index in [0.717, 1.165) is 35.4 Å². The van der Waals surface area contributed by atoms with Gasteiger partial charge in [-0.25, -0.2) is 0 Å². The van der Waals surface area contributed by atoms with E-state index in [1.165, 1.54) is 22.5 Å². The Kier molecular flexibility index (Phi) is 5.88. The Labute approximate surface area is 159 Å². The van der Waals surface area contributed by atoms with E-state index in [-0.39, 0.29) is 18.4 Å². The van der Waals surface area contributed by atoms with Crippen LogP contribution in [0.1, 0.15) is 20.8 Å². The van der Waals surface area contributed by atoms with Gasteiger partial charge in [-0.3, -0.25) is 9.59 Å². The van der Waals surface area contributed by atoms with Gasteiger partial charge in [0.25, 0.3) is 5.91 Å². The summed E-state index contributed by atoms with van der Waals surface area (Å²) in [6, 6.07) is 9.61. The van der Waals surface area contributed by atoms with Crippen LogP contribution in [0.4, 0.5) is 5.69 Å². The van der Waals surface area contributed by atoms with Gasteiger partial charge in [-0.2, -0.15) is 0 Å². The fourth-order valence-corrected chi connectivity index (χ4v) is 4.11. The maximum absolute atomic E-state index is 12.1. The van der Waals surface area contributed by atoms with E-state index in [2.05, 4.69) is 44.6 Å². The number of thiophene rings is 1. The lowest BCUT2D eigenvalue weighted by molar-refractivity contribution is -0.115. The van der Waals surface area contributed by atoms with Crippen LogP contribution in [0, 0.1) is 0 Å². The molecule has 2 heterocycles. The van der Waals surface area contributed by atoms with Crippen molar-refractivity contribution in [2.45, 2.75) is 12.8 Å². The minimum Gasteiger partial charge on any atom is -0.342 e. The third kappa shape index (κ3) is 4.90. The van der Waals surface area contributed by atoms with Gasteiger partial charge >= 0.3 is 0 Å². The zero-order chi connectivity index (χ0) is 17.8. The summed E-state index contributed by atoms with van der Waals surface area (Å²) < 4.78 is 0.887. The number of benzene rings is 1. The van der Waals surface area contributed by atoms with Crippen LogP contribution in [-0.4, -0.2) is 43.4 Å². The van der Waals surface area contributed by atoms with E-state index in [1.54, 1.807) is 6.07 Å². The lowest BCUT2D eigenvalue weighted by Crippen LogP contribution is -2.32. The van der Waals surface area contributed by atoms with Crippen molar-refractivity contribution in [1.82, 2.24) is 10.2 Å². The van der Waals surface area contributed by atoms with Gasteiger partial charge in [0.1, 0.15) is 0 Å². The first-order valence-corrected chi connectivity index (χ1v) is 9.76. The van der Waals surface area contributed by atoms with Crippen LogP contribution in [0.5, 0.6) is 0 Å². The minimum atomic E-state index is -0.240. The van der Waals surface area contributed by atoms with E-state index >= 15 is 0 Å². The van der Waals surface area contributed by atoms with Gasteiger partial charge in [0.15, 0.2) is 0 Å². The lowest BCUT2D eigenvalue weighted by Gasteiger charge is -2.11. The first kappa shape index (κ1) is 18.1. The number of hydrogen-bond acceptors (Lipinski definition) is 4. The van der Waals surface area contributed by atoms with Gasteiger partial charge in [-0.05, 0) is 71.2 Å². The number of amides is 2. The third-order valence-electron chi connectivity index (χ3n) is 4.22. The van der Waals surface area contributed by atoms with E-state index in [0.29, 0.717) is 4.88 Å². The fraction of sp³-hybridized carbons (Fsp3) is 0.333. The molecule has 2 amide bonds. The molecule has 0 aliphatic carbocycles. The normalized spacial score (nSPS) is 14.5. The third-order valence-corrected chi connectivity index (χ3v) is 5.84. The van der Waals surface area contributed by atoms with Crippen LogP contribution in [0.2, 0.25) is 0 Å². The second-order valence-corrected chi connectivity index (χ2v) is 8.58. The molecule has 5 nitrogen and oxygen atoms in total. The molecule has 0 radical (unpaired) electrons. The summed E-state index contributed by atoms with van der Waals surface area (Å²) in [6.07, 6.45) is 2.02. The average molecular weight is 422 g/mol. The molecular formula is C18H20BrN3O2S. The molecule has 2 aromatic rings. The molecule has 0 fully saturated rings. The van der Waals surface area contributed by atoms with Gasteiger partial charge in [-0.1, -0.05) is 6.07 Å². The summed E-state index contributed by atoms with van der Waals surface area (Å²) in [5.74, 6) is -0.467. The van der Waals surface area contributed by atoms with Crippen LogP contribution in [0.25, 0.3) is 0 Å². The van der Waals surface area contributed by atoms with Crippen molar-refractivity contribution in [3.05, 3.63) is 50.1 Å². The summed E-state index contributed by atoms with van der Waals surface area (Å²) in [4.78, 5) is 27.0. The van der Waals surface area contributed by atoms with Gasteiger partial charge < -0.3 is 15.5 Å². The number of likely N-dealkylation sites (N-methyl/N-ethyl adjacent to an activating group) is 1. The Balaban J connectivity index is 1.55. The Morgan fingerprint density at radius 3 is 2.64 bits per heavy atom. The van der Waals surface area contributed by atoms with Crippen LogP contribution in [0.15, 0.2) is 34.1 Å². The molecule has 0 saturated carbocycles. The minimum absolute atomic E-state index is 0.0474. The van der Waals surface area contributed by atoms with Crippen LogP contribution >= 0.6 is 27.3 Å². The van der Waals surface area contributed by atoms with Crippen molar-refractivity contribution in [3.63, 3.8) is 0 Å². The molecule has 1 aromatic heterocycles. The fourth-order valence-electron chi connectivity index (χ4n) is 2.80. The van der Waals surface area contributed by atoms with Gasteiger partial charge in [0.2, 0.25) is 5.91 Å². The zero-order valence-corrected chi connectivity index (χ0v) is 16.4. The molecular weight excluding hydrogens is 402 g/mol. The highest BCUT2D eigenvalue weighted by Gasteiger charge is 2.13. The molecule has 1 aromatic carbocycles. The van der Waals surface area contributed by atoms with Crippen LogP contribution < -0.4 is 10.6 Å². The standard InChI is InChI=1S/C18H20BrN3O2S/c1-22-8-6-12-2-3-14(10-13(12)7-9-22)21-17(23)11-20-18(24)15-4-5-16(19)25-15/h2-5,10H,6-9,11H2,1H3,(H,20,24)(H,21,23). The Morgan fingerprint density at radius 2 is 1.92 bits per heavy atom. The molecule has 25 heavy (non-hydrogen) atoms. The smallest absolute Gasteiger partial charge is 0.261 e. The number of nitrogens with zero attached hydrogens (tertiary/aromatic N) is 1. The van der Waals surface area contributed by atoms with E-state index in [9.17, 15) is 9.59 Å². The van der Waals surface area contributed by atoms with Gasteiger partial charge in [0, 0.05) is 18.8 Å². The molecule has 1 aliphatic heterocycles. The van der Waals surface area contributed by atoms with Crippen molar-refractivity contribution in [1.29, 1.82) is 0 Å². The second-order valence-electron chi connectivity index (χ2n) is 6.12. The Morgan fingerprint density at radius 1 is 1.16 bits per heavy atom. The van der Waals surface area contributed by atoms with Crippen molar-refractivity contribution in [3.8, 4) is 0 Å². The molecule has 0 spiro atoms. The number of carbonyl (C=O) groups excluding carboxylic acids is 2. The molecule has 132 valence electrons. The molecule has 0 unspecified atom stereocenters. The monoisotopic (exact) mass is 421 g/mol. The summed E-state index contributed by atoms with van der Waals surface area (Å²) in [5, 5.41) is 5.50. The largest absolute Gasteiger partial charge is 0.342 e. The van der Waals surface area contributed by atoms with Crippen LogP contribution in [-0.2, 0) is 17.6 Å². The van der Waals surface area contributed by atoms with E-state index in [4.69, 9.17) is 0 Å². The van der Waals surface area contributed by atoms with E-state index in [1.807, 2.05) is 18.2 Å². The molecule has 3 rings (SSSR count). The second kappa shape index (κ2) is 8.12. The summed E-state index contributed by atoms with van der Waals surface area (Å²) in [5.41, 5.74) is 3.41. The number of carbonyl (C=O) groups is 2. The number of halogens is 1. The average Bonchev–Trinajstić information content (AvgIpc) is 2.94. The predicted molar refractivity (Wildman–Crippen MR) is 104 cm³/mol. The highest BCUT2D eigenvalue weighted by molar-refractivity contribution is 9.11. The number of fused-ring (bicyclic) bond motifs is 1. The van der Waals surface area contributed by atoms with Crippen molar-refractivity contribution >= 4 is 44.8 Å². The first-order chi connectivity index (χ1) is 12.0. The number of rotatable bonds is 4. The maximum Gasteiger partial charge on any atom is 0.261 e. The Bertz CT molecular complexity index is 790. The SMILES string of the molecule is CN1CCc2ccc(NC(=O)CNC(=O)c3ccc(Br)s3)cc2CC1. The molecule has 2 N–H and O–H groups in total. The van der Waals surface area contributed by atoms with E-state index < -0.39 is 0 Å². The molecule has 0 atom stereocenters. The van der Waals surface area contributed by atoms with Gasteiger partial charge in [0.05, 0.1) is 15.2 Å². The topological polar surface area (TPSA) is 61.4 Å². The first-order valence-electron chi connectivity index (χ1n) is 8.15. The van der Waals surface area contributed by atoms with Crippen molar-refractivity contribution in [2.24, 2.45) is 0 Å². The van der Waals surface area contributed by atoms with Crippen molar-refractivity contribution < 1.29 is 9.59 Å². The lowest BCUT2D eigenvalue weighted by atomic mass is 10.0. The van der Waals surface area contributed by atoms with Gasteiger partial charge in [-0.15, -0.1) is 11.3 Å². The molecule has 7 heteroatoms. The molecule has 0 saturated heterocycles. The number of hydrogen-bond donors (Lipinski definition) is 2. The number of nitrogens with one attached hydrogen (secondary N) is 2. The number of anilines is 1. The Hall–Kier alpha value is -1.70. The highest BCUT2D eigenvalue weighted by Crippen LogP contribution is 2.22. The summed E-state index contributed by atoms with van der Waals surface area (Å²) >= 11 is 4.66.